The normalized spacial score (nSPS) is 14.3. The van der Waals surface area contributed by atoms with Crippen molar-refractivity contribution in [3.8, 4) is 0 Å². The molecule has 0 aliphatic carbocycles. The molecule has 1 aromatic rings. The Labute approximate surface area is 123 Å². The van der Waals surface area contributed by atoms with E-state index >= 15 is 0 Å². The molecule has 1 N–H and O–H groups in total. The number of nitrogens with zero attached hydrogens (tertiary/aromatic N) is 1. The number of aliphatic hydroxyl groups is 1. The lowest BCUT2D eigenvalue weighted by Gasteiger charge is -2.30. The Balaban J connectivity index is 2.95. The number of hydrogen-bond acceptors (Lipinski definition) is 3. The standard InChI is InChI=1S/C14H22BrNOS/c1-5-12(9-18-4)16(3)14-7-6-11(10(2)17)8-13(14)15/h6-8,10,12,17H,5,9H2,1-4H3. The summed E-state index contributed by atoms with van der Waals surface area (Å²) in [4.78, 5) is 2.31. The zero-order chi connectivity index (χ0) is 13.7. The summed E-state index contributed by atoms with van der Waals surface area (Å²) in [6, 6.07) is 6.61. The van der Waals surface area contributed by atoms with Crippen LogP contribution in [0.5, 0.6) is 0 Å². The molecule has 2 atom stereocenters. The van der Waals surface area contributed by atoms with E-state index in [0.717, 1.165) is 22.2 Å². The molecule has 0 aliphatic rings. The summed E-state index contributed by atoms with van der Waals surface area (Å²) >= 11 is 5.48. The smallest absolute Gasteiger partial charge is 0.0762 e. The van der Waals surface area contributed by atoms with Crippen LogP contribution in [0.3, 0.4) is 0 Å². The molecule has 0 aliphatic heterocycles. The van der Waals surface area contributed by atoms with Crippen molar-refractivity contribution < 1.29 is 5.11 Å². The molecule has 1 aromatic carbocycles. The van der Waals surface area contributed by atoms with Crippen LogP contribution >= 0.6 is 27.7 Å². The Morgan fingerprint density at radius 2 is 2.11 bits per heavy atom. The maximum atomic E-state index is 9.58. The van der Waals surface area contributed by atoms with Crippen LogP contribution in [0.25, 0.3) is 0 Å². The first-order valence-electron chi connectivity index (χ1n) is 6.20. The molecule has 0 spiro atoms. The second-order valence-electron chi connectivity index (χ2n) is 4.52. The minimum Gasteiger partial charge on any atom is -0.389 e. The van der Waals surface area contributed by atoms with Crippen LogP contribution in [0.1, 0.15) is 31.9 Å². The van der Waals surface area contributed by atoms with Gasteiger partial charge in [-0.25, -0.2) is 0 Å². The van der Waals surface area contributed by atoms with Crippen molar-refractivity contribution in [3.63, 3.8) is 0 Å². The lowest BCUT2D eigenvalue weighted by molar-refractivity contribution is 0.199. The van der Waals surface area contributed by atoms with Gasteiger partial charge < -0.3 is 10.0 Å². The first-order valence-corrected chi connectivity index (χ1v) is 8.39. The van der Waals surface area contributed by atoms with E-state index in [1.54, 1.807) is 6.92 Å². The van der Waals surface area contributed by atoms with Gasteiger partial charge in [0.15, 0.2) is 0 Å². The fourth-order valence-electron chi connectivity index (χ4n) is 1.96. The van der Waals surface area contributed by atoms with E-state index in [4.69, 9.17) is 0 Å². The first kappa shape index (κ1) is 15.9. The second kappa shape index (κ2) is 7.41. The Hall–Kier alpha value is -0.190. The molecule has 0 bridgehead atoms. The summed E-state index contributed by atoms with van der Waals surface area (Å²) in [6.07, 6.45) is 2.85. The number of thioether (sulfide) groups is 1. The summed E-state index contributed by atoms with van der Waals surface area (Å²) < 4.78 is 1.04. The van der Waals surface area contributed by atoms with Gasteiger partial charge in [-0.2, -0.15) is 11.8 Å². The van der Waals surface area contributed by atoms with Gasteiger partial charge in [0, 0.05) is 23.3 Å². The van der Waals surface area contributed by atoms with Gasteiger partial charge in [-0.05, 0) is 53.2 Å². The van der Waals surface area contributed by atoms with Crippen molar-refractivity contribution in [1.29, 1.82) is 0 Å². The van der Waals surface area contributed by atoms with Crippen LogP contribution in [0.15, 0.2) is 22.7 Å². The van der Waals surface area contributed by atoms with Crippen molar-refractivity contribution in [3.05, 3.63) is 28.2 Å². The zero-order valence-electron chi connectivity index (χ0n) is 11.5. The van der Waals surface area contributed by atoms with E-state index in [1.165, 1.54) is 5.69 Å². The lowest BCUT2D eigenvalue weighted by atomic mass is 10.1. The van der Waals surface area contributed by atoms with Gasteiger partial charge in [-0.1, -0.05) is 13.0 Å². The van der Waals surface area contributed by atoms with E-state index in [0.29, 0.717) is 6.04 Å². The quantitative estimate of drug-likeness (QED) is 0.849. The van der Waals surface area contributed by atoms with Crippen LogP contribution in [-0.4, -0.2) is 30.2 Å². The molecule has 1 rings (SSSR count). The maximum Gasteiger partial charge on any atom is 0.0762 e. The van der Waals surface area contributed by atoms with Crippen molar-refractivity contribution in [2.24, 2.45) is 0 Å². The zero-order valence-corrected chi connectivity index (χ0v) is 13.9. The predicted octanol–water partition coefficient (Wildman–Crippen LogP) is 4.08. The minimum atomic E-state index is -0.422. The molecular formula is C14H22BrNOS. The van der Waals surface area contributed by atoms with Gasteiger partial charge in [0.1, 0.15) is 0 Å². The third-order valence-corrected chi connectivity index (χ3v) is 4.57. The summed E-state index contributed by atoms with van der Waals surface area (Å²) in [5, 5.41) is 9.58. The molecule has 4 heteroatoms. The van der Waals surface area contributed by atoms with E-state index < -0.39 is 6.10 Å². The molecular weight excluding hydrogens is 310 g/mol. The molecule has 0 fully saturated rings. The largest absolute Gasteiger partial charge is 0.389 e. The second-order valence-corrected chi connectivity index (χ2v) is 6.28. The molecule has 102 valence electrons. The summed E-state index contributed by atoms with van der Waals surface area (Å²) in [7, 11) is 2.13. The predicted molar refractivity (Wildman–Crippen MR) is 85.6 cm³/mol. The van der Waals surface area contributed by atoms with Crippen LogP contribution < -0.4 is 4.90 Å². The molecule has 0 heterocycles. The van der Waals surface area contributed by atoms with Gasteiger partial charge >= 0.3 is 0 Å². The van der Waals surface area contributed by atoms with E-state index in [2.05, 4.69) is 47.1 Å². The molecule has 0 amide bonds. The summed E-state index contributed by atoms with van der Waals surface area (Å²) in [5.74, 6) is 1.12. The summed E-state index contributed by atoms with van der Waals surface area (Å²) in [6.45, 7) is 4.00. The van der Waals surface area contributed by atoms with Crippen molar-refractivity contribution in [2.75, 3.05) is 24.0 Å². The van der Waals surface area contributed by atoms with Crippen molar-refractivity contribution >= 4 is 33.4 Å². The molecule has 2 unspecified atom stereocenters. The number of aliphatic hydroxyl groups excluding tert-OH is 1. The topological polar surface area (TPSA) is 23.5 Å². The van der Waals surface area contributed by atoms with Crippen LogP contribution in [-0.2, 0) is 0 Å². The highest BCUT2D eigenvalue weighted by atomic mass is 79.9. The lowest BCUT2D eigenvalue weighted by Crippen LogP contribution is -2.33. The molecule has 2 nitrogen and oxygen atoms in total. The summed E-state index contributed by atoms with van der Waals surface area (Å²) in [5.41, 5.74) is 2.12. The van der Waals surface area contributed by atoms with Gasteiger partial charge in [-0.15, -0.1) is 0 Å². The molecule has 0 aromatic heterocycles. The molecule has 18 heavy (non-hydrogen) atoms. The molecule has 0 saturated heterocycles. The number of hydrogen-bond donors (Lipinski definition) is 1. The van der Waals surface area contributed by atoms with Crippen LogP contribution in [0, 0.1) is 0 Å². The third-order valence-electron chi connectivity index (χ3n) is 3.21. The third kappa shape index (κ3) is 3.90. The highest BCUT2D eigenvalue weighted by Gasteiger charge is 2.15. The molecule has 0 radical (unpaired) electrons. The van der Waals surface area contributed by atoms with E-state index in [1.807, 2.05) is 23.9 Å². The molecule has 0 saturated carbocycles. The van der Waals surface area contributed by atoms with Crippen molar-refractivity contribution in [2.45, 2.75) is 32.4 Å². The van der Waals surface area contributed by atoms with Gasteiger partial charge in [0.25, 0.3) is 0 Å². The SMILES string of the molecule is CCC(CSC)N(C)c1ccc(C(C)O)cc1Br. The Morgan fingerprint density at radius 3 is 2.56 bits per heavy atom. The number of benzene rings is 1. The number of rotatable bonds is 6. The number of anilines is 1. The maximum absolute atomic E-state index is 9.58. The van der Waals surface area contributed by atoms with Gasteiger partial charge in [0.2, 0.25) is 0 Å². The first-order chi connectivity index (χ1) is 8.51. The number of halogens is 1. The Bertz CT molecular complexity index is 384. The van der Waals surface area contributed by atoms with Gasteiger partial charge in [0.05, 0.1) is 11.8 Å². The van der Waals surface area contributed by atoms with E-state index in [-0.39, 0.29) is 0 Å². The Morgan fingerprint density at radius 1 is 1.44 bits per heavy atom. The van der Waals surface area contributed by atoms with E-state index in [9.17, 15) is 5.11 Å². The average Bonchev–Trinajstić information content (AvgIpc) is 2.34. The van der Waals surface area contributed by atoms with Crippen molar-refractivity contribution in [1.82, 2.24) is 0 Å². The van der Waals surface area contributed by atoms with Gasteiger partial charge in [-0.3, -0.25) is 0 Å². The van der Waals surface area contributed by atoms with Crippen LogP contribution in [0.2, 0.25) is 0 Å². The van der Waals surface area contributed by atoms with Crippen LogP contribution in [0.4, 0.5) is 5.69 Å². The monoisotopic (exact) mass is 331 g/mol. The minimum absolute atomic E-state index is 0.422. The fraction of sp³-hybridized carbons (Fsp3) is 0.571. The highest BCUT2D eigenvalue weighted by Crippen LogP contribution is 2.30. The highest BCUT2D eigenvalue weighted by molar-refractivity contribution is 9.10. The fourth-order valence-corrected chi connectivity index (χ4v) is 3.48. The Kier molecular flexibility index (Phi) is 6.53. The average molecular weight is 332 g/mol.